The average Bonchev–Trinajstić information content (AvgIpc) is 2.06. The monoisotopic (exact) mass is 239 g/mol. The van der Waals surface area contributed by atoms with Crippen LogP contribution < -0.4 is 4.72 Å². The molecule has 15 heavy (non-hydrogen) atoms. The minimum absolute atomic E-state index is 0.0742. The highest BCUT2D eigenvalue weighted by Gasteiger charge is 2.46. The summed E-state index contributed by atoms with van der Waals surface area (Å²) in [5, 5.41) is 0. The molecule has 1 aromatic carbocycles. The molecule has 0 radical (unpaired) electrons. The van der Waals surface area contributed by atoms with Gasteiger partial charge in [-0.15, -0.1) is 0 Å². The second-order valence-corrected chi connectivity index (χ2v) is 4.54. The number of alkyl halides is 3. The molecule has 1 rings (SSSR count). The molecule has 0 aromatic heterocycles. The Morgan fingerprint density at radius 1 is 1.20 bits per heavy atom. The maximum absolute atomic E-state index is 12.0. The highest BCUT2D eigenvalue weighted by atomic mass is 32.2. The van der Waals surface area contributed by atoms with E-state index in [1.165, 1.54) is 29.8 Å². The van der Waals surface area contributed by atoms with E-state index in [4.69, 9.17) is 0 Å². The molecule has 3 nitrogen and oxygen atoms in total. The van der Waals surface area contributed by atoms with Crippen molar-refractivity contribution in [3.63, 3.8) is 0 Å². The maximum atomic E-state index is 12.0. The third kappa shape index (κ3) is 2.62. The van der Waals surface area contributed by atoms with Crippen LogP contribution in [0.4, 0.5) is 18.9 Å². The van der Waals surface area contributed by atoms with Gasteiger partial charge in [0.1, 0.15) is 0 Å². The van der Waals surface area contributed by atoms with Crippen LogP contribution in [0.15, 0.2) is 24.3 Å². The lowest BCUT2D eigenvalue weighted by Gasteiger charge is -2.11. The van der Waals surface area contributed by atoms with Crippen molar-refractivity contribution in [2.45, 2.75) is 12.4 Å². The Hall–Kier alpha value is -1.24. The molecule has 0 aliphatic rings. The molecule has 0 heterocycles. The Bertz CT molecular complexity index is 453. The van der Waals surface area contributed by atoms with Crippen molar-refractivity contribution in [2.24, 2.45) is 0 Å². The molecule has 1 aromatic rings. The number of para-hydroxylation sites is 1. The van der Waals surface area contributed by atoms with Gasteiger partial charge in [-0.1, -0.05) is 18.2 Å². The number of nitrogens with one attached hydrogen (secondary N) is 1. The molecule has 0 amide bonds. The lowest BCUT2D eigenvalue weighted by Crippen LogP contribution is -2.30. The van der Waals surface area contributed by atoms with Crippen LogP contribution >= 0.6 is 0 Å². The van der Waals surface area contributed by atoms with E-state index < -0.39 is 15.5 Å². The Balaban J connectivity index is 3.03. The highest BCUT2D eigenvalue weighted by molar-refractivity contribution is 7.93. The number of benzene rings is 1. The summed E-state index contributed by atoms with van der Waals surface area (Å²) >= 11 is 0. The summed E-state index contributed by atoms with van der Waals surface area (Å²) in [6, 6.07) is 5.81. The van der Waals surface area contributed by atoms with Crippen LogP contribution in [0.3, 0.4) is 0 Å². The first-order valence-corrected chi connectivity index (χ1v) is 5.37. The third-order valence-electron chi connectivity index (χ3n) is 1.69. The Kier molecular flexibility index (Phi) is 2.94. The van der Waals surface area contributed by atoms with E-state index in [1.807, 2.05) is 0 Å². The molecule has 0 spiro atoms. The lowest BCUT2D eigenvalue weighted by atomic mass is 10.2. The first kappa shape index (κ1) is 11.8. The quantitative estimate of drug-likeness (QED) is 0.860. The second kappa shape index (κ2) is 3.73. The summed E-state index contributed by atoms with van der Waals surface area (Å²) in [6.45, 7) is 1.51. The largest absolute Gasteiger partial charge is 0.516 e. The van der Waals surface area contributed by atoms with Gasteiger partial charge < -0.3 is 0 Å². The van der Waals surface area contributed by atoms with Crippen LogP contribution in [-0.4, -0.2) is 13.9 Å². The van der Waals surface area contributed by atoms with E-state index in [0.29, 0.717) is 5.56 Å². The highest BCUT2D eigenvalue weighted by Crippen LogP contribution is 2.26. The van der Waals surface area contributed by atoms with Crippen molar-refractivity contribution in [2.75, 3.05) is 4.72 Å². The summed E-state index contributed by atoms with van der Waals surface area (Å²) < 4.78 is 58.9. The van der Waals surface area contributed by atoms with Crippen molar-refractivity contribution in [1.29, 1.82) is 0 Å². The summed E-state index contributed by atoms with van der Waals surface area (Å²) in [4.78, 5) is 0. The Morgan fingerprint density at radius 3 is 2.20 bits per heavy atom. The van der Waals surface area contributed by atoms with Gasteiger partial charge in [0.15, 0.2) is 0 Å². The zero-order valence-corrected chi connectivity index (χ0v) is 8.48. The number of hydrogen-bond acceptors (Lipinski definition) is 2. The van der Waals surface area contributed by atoms with Crippen molar-refractivity contribution >= 4 is 15.7 Å². The molecule has 0 bridgehead atoms. The first-order valence-electron chi connectivity index (χ1n) is 3.89. The topological polar surface area (TPSA) is 46.2 Å². The minimum atomic E-state index is -5.32. The number of anilines is 1. The molecular weight excluding hydrogens is 231 g/mol. The van der Waals surface area contributed by atoms with E-state index in [9.17, 15) is 21.6 Å². The summed E-state index contributed by atoms with van der Waals surface area (Å²) in [7, 11) is -5.32. The van der Waals surface area contributed by atoms with Crippen molar-refractivity contribution in [1.82, 2.24) is 0 Å². The molecule has 7 heteroatoms. The minimum Gasteiger partial charge on any atom is -0.276 e. The Morgan fingerprint density at radius 2 is 1.73 bits per heavy atom. The molecule has 0 fully saturated rings. The molecule has 0 saturated carbocycles. The van der Waals surface area contributed by atoms with Crippen LogP contribution in [0.2, 0.25) is 0 Å². The Labute approximate surface area is 85.0 Å². The molecule has 0 aliphatic carbocycles. The molecule has 0 saturated heterocycles. The van der Waals surface area contributed by atoms with E-state index in [2.05, 4.69) is 0 Å². The number of aryl methyl sites for hydroxylation is 1. The van der Waals surface area contributed by atoms with Gasteiger partial charge in [-0.2, -0.15) is 21.6 Å². The average molecular weight is 239 g/mol. The number of sulfonamides is 1. The smallest absolute Gasteiger partial charge is 0.276 e. The number of hydrogen-bond donors (Lipinski definition) is 1. The van der Waals surface area contributed by atoms with Crippen molar-refractivity contribution < 1.29 is 21.6 Å². The predicted octanol–water partition coefficient (Wildman–Crippen LogP) is 2.26. The molecular formula is C8H8F3NO2S. The van der Waals surface area contributed by atoms with E-state index in [-0.39, 0.29) is 5.69 Å². The fourth-order valence-corrected chi connectivity index (χ4v) is 1.52. The summed E-state index contributed by atoms with van der Waals surface area (Å²) in [5.74, 6) is 0. The standard InChI is InChI=1S/C8H8F3NO2S/c1-6-4-2-3-5-7(6)12-15(13,14)8(9,10)11/h2-5,12H,1H3. The molecule has 0 atom stereocenters. The van der Waals surface area contributed by atoms with Crippen LogP contribution in [0.25, 0.3) is 0 Å². The number of rotatable bonds is 2. The van der Waals surface area contributed by atoms with Gasteiger partial charge in [0.25, 0.3) is 0 Å². The molecule has 0 aliphatic heterocycles. The van der Waals surface area contributed by atoms with Crippen LogP contribution in [-0.2, 0) is 10.0 Å². The SMILES string of the molecule is Cc1ccccc1NS(=O)(=O)C(F)(F)F. The zero-order valence-electron chi connectivity index (χ0n) is 7.67. The summed E-state index contributed by atoms with van der Waals surface area (Å²) in [6.07, 6.45) is 0. The maximum Gasteiger partial charge on any atom is 0.516 e. The van der Waals surface area contributed by atoms with Gasteiger partial charge in [-0.05, 0) is 18.6 Å². The number of halogens is 3. The normalized spacial score (nSPS) is 12.5. The zero-order chi connectivity index (χ0) is 11.7. The van der Waals surface area contributed by atoms with E-state index in [0.717, 1.165) is 0 Å². The van der Waals surface area contributed by atoms with Gasteiger partial charge in [-0.25, -0.2) is 0 Å². The van der Waals surface area contributed by atoms with E-state index >= 15 is 0 Å². The van der Waals surface area contributed by atoms with Gasteiger partial charge in [0, 0.05) is 0 Å². The first-order chi connectivity index (χ1) is 6.74. The fourth-order valence-electron chi connectivity index (χ4n) is 0.890. The van der Waals surface area contributed by atoms with Gasteiger partial charge >= 0.3 is 15.5 Å². The van der Waals surface area contributed by atoms with Crippen LogP contribution in [0, 0.1) is 6.92 Å². The molecule has 0 unspecified atom stereocenters. The van der Waals surface area contributed by atoms with E-state index in [1.54, 1.807) is 6.07 Å². The van der Waals surface area contributed by atoms with Gasteiger partial charge in [0.2, 0.25) is 0 Å². The third-order valence-corrected chi connectivity index (χ3v) is 2.79. The molecule has 1 N–H and O–H groups in total. The van der Waals surface area contributed by atoms with Crippen LogP contribution in [0.1, 0.15) is 5.56 Å². The second-order valence-electron chi connectivity index (χ2n) is 2.87. The fraction of sp³-hybridized carbons (Fsp3) is 0.250. The lowest BCUT2D eigenvalue weighted by molar-refractivity contribution is -0.0429. The molecule has 84 valence electrons. The van der Waals surface area contributed by atoms with Gasteiger partial charge in [-0.3, -0.25) is 4.72 Å². The van der Waals surface area contributed by atoms with Crippen molar-refractivity contribution in [3.05, 3.63) is 29.8 Å². The summed E-state index contributed by atoms with van der Waals surface area (Å²) in [5.41, 5.74) is -4.95. The van der Waals surface area contributed by atoms with Crippen LogP contribution in [0.5, 0.6) is 0 Å². The van der Waals surface area contributed by atoms with Gasteiger partial charge in [0.05, 0.1) is 5.69 Å². The predicted molar refractivity (Wildman–Crippen MR) is 49.8 cm³/mol. The van der Waals surface area contributed by atoms with Crippen molar-refractivity contribution in [3.8, 4) is 0 Å².